The number of hydrogen-bond donors (Lipinski definition) is 3. The average Bonchev–Trinajstić information content (AvgIpc) is 2.55. The summed E-state index contributed by atoms with van der Waals surface area (Å²) in [5.74, 6) is -0.362. The first-order valence-corrected chi connectivity index (χ1v) is 8.11. The van der Waals surface area contributed by atoms with Crippen LogP contribution in [0.4, 0.5) is 0 Å². The fraction of sp³-hybridized carbons (Fsp3) is 0.278. The summed E-state index contributed by atoms with van der Waals surface area (Å²) >= 11 is 4.39. The maximum atomic E-state index is 11.1. The second-order valence-electron chi connectivity index (χ2n) is 6.10. The Kier molecular flexibility index (Phi) is 4.31. The van der Waals surface area contributed by atoms with Gasteiger partial charge in [-0.2, -0.15) is 9.83 Å². The van der Waals surface area contributed by atoms with Gasteiger partial charge in [0.05, 0.1) is 22.6 Å². The number of aryl methyl sites for hydroxylation is 1. The molecule has 0 fully saturated rings. The summed E-state index contributed by atoms with van der Waals surface area (Å²) < 4.78 is 1.99. The van der Waals surface area contributed by atoms with Gasteiger partial charge in [-0.25, -0.2) is 0 Å². The quantitative estimate of drug-likeness (QED) is 0.578. The standard InChI is InChI=1S/C18H18N4OS/c1-12-6-3-4-9-22(12)16-15(13-7-5-8-20-11-13)14(10-19)17(24)21-18(16,2)23/h3-9,11,15-16,21,23H,1-2H3/p+1/t15-,16-,18+/m0/s1. The minimum Gasteiger partial charge on any atom is -0.366 e. The largest absolute Gasteiger partial charge is 0.366 e. The van der Waals surface area contributed by atoms with Crippen molar-refractivity contribution < 1.29 is 9.67 Å². The lowest BCUT2D eigenvalue weighted by molar-refractivity contribution is -0.746. The zero-order chi connectivity index (χ0) is 17.3. The highest BCUT2D eigenvalue weighted by Gasteiger charge is 2.52. The molecule has 0 bridgehead atoms. The molecule has 122 valence electrons. The lowest BCUT2D eigenvalue weighted by Gasteiger charge is -2.40. The van der Waals surface area contributed by atoms with Gasteiger partial charge in [0.25, 0.3) is 0 Å². The van der Waals surface area contributed by atoms with Crippen molar-refractivity contribution >= 4 is 12.6 Å². The number of nitrogens with zero attached hydrogens (tertiary/aromatic N) is 3. The van der Waals surface area contributed by atoms with E-state index >= 15 is 0 Å². The van der Waals surface area contributed by atoms with Gasteiger partial charge in [-0.15, -0.1) is 12.6 Å². The van der Waals surface area contributed by atoms with Gasteiger partial charge in [0.1, 0.15) is 0 Å². The van der Waals surface area contributed by atoms with E-state index in [0.29, 0.717) is 10.6 Å². The predicted octanol–water partition coefficient (Wildman–Crippen LogP) is 1.98. The number of pyridine rings is 2. The molecule has 5 nitrogen and oxygen atoms in total. The summed E-state index contributed by atoms with van der Waals surface area (Å²) in [5.41, 5.74) is 1.05. The van der Waals surface area contributed by atoms with Crippen molar-refractivity contribution in [3.8, 4) is 6.07 Å². The van der Waals surface area contributed by atoms with E-state index in [2.05, 4.69) is 29.0 Å². The highest BCUT2D eigenvalue weighted by atomic mass is 32.1. The van der Waals surface area contributed by atoms with Gasteiger partial charge in [-0.1, -0.05) is 12.1 Å². The van der Waals surface area contributed by atoms with Crippen LogP contribution < -0.4 is 9.88 Å². The molecule has 3 atom stereocenters. The van der Waals surface area contributed by atoms with Crippen molar-refractivity contribution in [2.45, 2.75) is 31.5 Å². The molecular weight excluding hydrogens is 320 g/mol. The Morgan fingerprint density at radius 2 is 2.17 bits per heavy atom. The molecule has 0 spiro atoms. The summed E-state index contributed by atoms with van der Waals surface area (Å²) in [6.07, 6.45) is 5.34. The number of thiol groups is 1. The van der Waals surface area contributed by atoms with Gasteiger partial charge < -0.3 is 10.4 Å². The normalized spacial score (nSPS) is 26.6. The van der Waals surface area contributed by atoms with Crippen LogP contribution in [0.25, 0.3) is 0 Å². The first-order valence-electron chi connectivity index (χ1n) is 7.66. The van der Waals surface area contributed by atoms with E-state index in [1.54, 1.807) is 19.3 Å². The Morgan fingerprint density at radius 3 is 2.79 bits per heavy atom. The molecule has 0 aliphatic carbocycles. The van der Waals surface area contributed by atoms with Crippen molar-refractivity contribution in [2.75, 3.05) is 0 Å². The fourth-order valence-electron chi connectivity index (χ4n) is 3.33. The summed E-state index contributed by atoms with van der Waals surface area (Å²) in [6.45, 7) is 3.67. The van der Waals surface area contributed by atoms with Gasteiger partial charge in [-0.05, 0) is 18.6 Å². The molecule has 0 amide bonds. The van der Waals surface area contributed by atoms with E-state index < -0.39 is 11.8 Å². The Bertz CT molecular complexity index is 826. The van der Waals surface area contributed by atoms with Crippen LogP contribution in [-0.4, -0.2) is 15.8 Å². The van der Waals surface area contributed by atoms with Crippen LogP contribution in [0.15, 0.2) is 59.5 Å². The molecular formula is C18H19N4OS+. The van der Waals surface area contributed by atoms with Crippen molar-refractivity contribution in [3.05, 3.63) is 70.8 Å². The third-order valence-electron chi connectivity index (χ3n) is 4.40. The van der Waals surface area contributed by atoms with E-state index in [0.717, 1.165) is 11.3 Å². The number of aliphatic hydroxyl groups is 1. The number of rotatable bonds is 2. The van der Waals surface area contributed by atoms with Crippen LogP contribution >= 0.6 is 12.6 Å². The van der Waals surface area contributed by atoms with Crippen LogP contribution in [0.1, 0.15) is 30.1 Å². The zero-order valence-electron chi connectivity index (χ0n) is 13.5. The Morgan fingerprint density at radius 1 is 1.38 bits per heavy atom. The molecule has 2 N–H and O–H groups in total. The van der Waals surface area contributed by atoms with Crippen molar-refractivity contribution in [2.24, 2.45) is 0 Å². The summed E-state index contributed by atoms with van der Waals surface area (Å²) in [6, 6.07) is 11.4. The highest BCUT2D eigenvalue weighted by molar-refractivity contribution is 7.84. The molecule has 0 saturated heterocycles. The van der Waals surface area contributed by atoms with Crippen LogP contribution in [0.2, 0.25) is 0 Å². The number of nitrogens with one attached hydrogen (secondary N) is 1. The maximum absolute atomic E-state index is 11.1. The van der Waals surface area contributed by atoms with Gasteiger partial charge in [0.15, 0.2) is 17.6 Å². The molecule has 3 rings (SSSR count). The molecule has 24 heavy (non-hydrogen) atoms. The second-order valence-corrected chi connectivity index (χ2v) is 6.55. The Hall–Kier alpha value is -2.36. The Labute approximate surface area is 146 Å². The zero-order valence-corrected chi connectivity index (χ0v) is 14.4. The van der Waals surface area contributed by atoms with Crippen LogP contribution in [0, 0.1) is 18.3 Å². The molecule has 3 heterocycles. The van der Waals surface area contributed by atoms with Crippen molar-refractivity contribution in [1.29, 1.82) is 5.26 Å². The first kappa shape index (κ1) is 16.5. The summed E-state index contributed by atoms with van der Waals surface area (Å²) in [4.78, 5) is 4.18. The third-order valence-corrected chi connectivity index (χ3v) is 4.75. The number of nitriles is 1. The molecule has 2 aromatic heterocycles. The molecule has 1 aliphatic heterocycles. The van der Waals surface area contributed by atoms with Gasteiger partial charge >= 0.3 is 0 Å². The van der Waals surface area contributed by atoms with E-state index in [1.807, 2.05) is 48.0 Å². The minimum absolute atomic E-state index is 0.362. The molecule has 0 aromatic carbocycles. The molecule has 2 aromatic rings. The first-order chi connectivity index (χ1) is 11.5. The monoisotopic (exact) mass is 339 g/mol. The van der Waals surface area contributed by atoms with Gasteiger partial charge in [0.2, 0.25) is 6.04 Å². The smallest absolute Gasteiger partial charge is 0.216 e. The second kappa shape index (κ2) is 6.27. The maximum Gasteiger partial charge on any atom is 0.216 e. The van der Waals surface area contributed by atoms with Crippen molar-refractivity contribution in [3.63, 3.8) is 0 Å². The third kappa shape index (κ3) is 2.77. The predicted molar refractivity (Wildman–Crippen MR) is 92.8 cm³/mol. The molecule has 0 saturated carbocycles. The fourth-order valence-corrected chi connectivity index (χ4v) is 3.74. The summed E-state index contributed by atoms with van der Waals surface area (Å²) in [5, 5.41) is 24.1. The number of allylic oxidation sites excluding steroid dienone is 1. The number of hydrogen-bond acceptors (Lipinski definition) is 5. The Balaban J connectivity index is 2.27. The lowest BCUT2D eigenvalue weighted by Crippen LogP contribution is -2.63. The van der Waals surface area contributed by atoms with E-state index in [-0.39, 0.29) is 5.92 Å². The lowest BCUT2D eigenvalue weighted by atomic mass is 9.78. The van der Waals surface area contributed by atoms with E-state index in [4.69, 9.17) is 0 Å². The SMILES string of the molecule is Cc1cccc[n+]1[C@H]1[C@@H](c2cccnc2)C(C#N)=C(S)N[C@]1(C)O. The highest BCUT2D eigenvalue weighted by Crippen LogP contribution is 2.43. The average molecular weight is 339 g/mol. The van der Waals surface area contributed by atoms with Crippen LogP contribution in [0.3, 0.4) is 0 Å². The molecule has 0 unspecified atom stereocenters. The topological polar surface area (TPSA) is 72.8 Å². The summed E-state index contributed by atoms with van der Waals surface area (Å²) in [7, 11) is 0. The van der Waals surface area contributed by atoms with Crippen molar-refractivity contribution in [1.82, 2.24) is 10.3 Å². The van der Waals surface area contributed by atoms with E-state index in [1.165, 1.54) is 0 Å². The van der Waals surface area contributed by atoms with E-state index in [9.17, 15) is 10.4 Å². The molecule has 0 radical (unpaired) electrons. The van der Waals surface area contributed by atoms with Crippen LogP contribution in [-0.2, 0) is 0 Å². The molecule has 6 heteroatoms. The van der Waals surface area contributed by atoms with Crippen LogP contribution in [0.5, 0.6) is 0 Å². The minimum atomic E-state index is -1.28. The molecule has 1 aliphatic rings. The van der Waals surface area contributed by atoms with Gasteiger partial charge in [0, 0.05) is 31.5 Å². The van der Waals surface area contributed by atoms with Gasteiger partial charge in [-0.3, -0.25) is 4.98 Å². The number of aromatic nitrogens is 2.